The highest BCUT2D eigenvalue weighted by molar-refractivity contribution is 7.09. The van der Waals surface area contributed by atoms with Gasteiger partial charge in [-0.3, -0.25) is 4.79 Å². The van der Waals surface area contributed by atoms with Crippen molar-refractivity contribution in [3.63, 3.8) is 0 Å². The second kappa shape index (κ2) is 6.64. The van der Waals surface area contributed by atoms with Gasteiger partial charge in [0.25, 0.3) is 5.56 Å². The summed E-state index contributed by atoms with van der Waals surface area (Å²) in [6.45, 7) is 5.21. The summed E-state index contributed by atoms with van der Waals surface area (Å²) < 4.78 is 4.25. The van der Waals surface area contributed by atoms with E-state index in [2.05, 4.69) is 29.4 Å². The maximum atomic E-state index is 11.8. The molecule has 8 heteroatoms. The van der Waals surface area contributed by atoms with Crippen LogP contribution >= 0.6 is 11.5 Å². The fourth-order valence-corrected chi connectivity index (χ4v) is 3.72. The predicted molar refractivity (Wildman–Crippen MR) is 99.4 cm³/mol. The Labute approximate surface area is 149 Å². The average molecular weight is 354 g/mol. The number of piperazine rings is 1. The van der Waals surface area contributed by atoms with Crippen molar-refractivity contribution in [3.8, 4) is 11.3 Å². The Morgan fingerprint density at radius 3 is 2.48 bits per heavy atom. The van der Waals surface area contributed by atoms with Crippen LogP contribution in [-0.2, 0) is 0 Å². The van der Waals surface area contributed by atoms with E-state index in [1.54, 1.807) is 6.07 Å². The molecule has 0 radical (unpaired) electrons. The number of aromatic nitrogens is 4. The van der Waals surface area contributed by atoms with Crippen LogP contribution in [0.3, 0.4) is 0 Å². The number of aryl methyl sites for hydroxylation is 1. The monoisotopic (exact) mass is 354 g/mol. The van der Waals surface area contributed by atoms with Crippen LogP contribution in [0.15, 0.2) is 41.2 Å². The first-order valence-electron chi connectivity index (χ1n) is 8.16. The van der Waals surface area contributed by atoms with E-state index in [1.165, 1.54) is 11.5 Å². The third kappa shape index (κ3) is 3.25. The molecule has 1 aromatic carbocycles. The van der Waals surface area contributed by atoms with Crippen molar-refractivity contribution in [2.24, 2.45) is 0 Å². The number of aromatic amines is 1. The van der Waals surface area contributed by atoms with Crippen LogP contribution in [0.5, 0.6) is 0 Å². The van der Waals surface area contributed by atoms with Gasteiger partial charge >= 0.3 is 0 Å². The second-order valence-corrected chi connectivity index (χ2v) is 6.66. The molecule has 4 rings (SSSR count). The highest BCUT2D eigenvalue weighted by Gasteiger charge is 2.22. The van der Waals surface area contributed by atoms with Crippen LogP contribution in [0.4, 0.5) is 10.8 Å². The fraction of sp³-hybridized carbons (Fsp3) is 0.294. The summed E-state index contributed by atoms with van der Waals surface area (Å²) in [5, 5.41) is 7.81. The predicted octanol–water partition coefficient (Wildman–Crippen LogP) is 1.92. The zero-order valence-corrected chi connectivity index (χ0v) is 14.7. The Morgan fingerprint density at radius 1 is 1.08 bits per heavy atom. The Kier molecular flexibility index (Phi) is 4.19. The molecule has 1 aliphatic heterocycles. The van der Waals surface area contributed by atoms with Gasteiger partial charge in [-0.2, -0.15) is 9.47 Å². The van der Waals surface area contributed by atoms with Crippen LogP contribution in [-0.4, -0.2) is 45.7 Å². The van der Waals surface area contributed by atoms with Crippen molar-refractivity contribution < 1.29 is 0 Å². The molecule has 1 aliphatic rings. The molecule has 25 heavy (non-hydrogen) atoms. The SMILES string of the molecule is Cc1nsc(N2CCN(c3cc(=O)[nH]nc3-c3ccccc3)CC2)n1. The van der Waals surface area contributed by atoms with Crippen molar-refractivity contribution in [2.75, 3.05) is 36.0 Å². The number of benzene rings is 1. The Bertz CT molecular complexity index is 914. The molecule has 3 heterocycles. The number of hydrogen-bond donors (Lipinski definition) is 1. The summed E-state index contributed by atoms with van der Waals surface area (Å²) in [5.74, 6) is 0.813. The lowest BCUT2D eigenvalue weighted by molar-refractivity contribution is 0.650. The number of rotatable bonds is 3. The van der Waals surface area contributed by atoms with Crippen LogP contribution in [0.1, 0.15) is 5.82 Å². The van der Waals surface area contributed by atoms with Crippen molar-refractivity contribution in [3.05, 3.63) is 52.6 Å². The van der Waals surface area contributed by atoms with E-state index in [0.717, 1.165) is 54.1 Å². The molecule has 7 nitrogen and oxygen atoms in total. The van der Waals surface area contributed by atoms with Crippen LogP contribution < -0.4 is 15.4 Å². The summed E-state index contributed by atoms with van der Waals surface area (Å²) in [4.78, 5) is 20.7. The van der Waals surface area contributed by atoms with E-state index < -0.39 is 0 Å². The molecule has 0 amide bonds. The van der Waals surface area contributed by atoms with Crippen molar-refractivity contribution in [1.29, 1.82) is 0 Å². The minimum absolute atomic E-state index is 0.183. The molecule has 0 aliphatic carbocycles. The van der Waals surface area contributed by atoms with Gasteiger partial charge in [-0.15, -0.1) is 0 Å². The van der Waals surface area contributed by atoms with Crippen LogP contribution in [0.25, 0.3) is 11.3 Å². The molecule has 3 aromatic rings. The summed E-state index contributed by atoms with van der Waals surface area (Å²) in [5.41, 5.74) is 2.50. The number of nitrogens with one attached hydrogen (secondary N) is 1. The Hall–Kier alpha value is -2.74. The standard InChI is InChI=1S/C17H18N6OS/c1-12-18-17(25-21-12)23-9-7-22(8-10-23)14-11-15(24)19-20-16(14)13-5-3-2-4-6-13/h2-6,11H,7-10H2,1H3,(H,19,24). The van der Waals surface area contributed by atoms with E-state index in [0.29, 0.717) is 0 Å². The smallest absolute Gasteiger partial charge is 0.266 e. The summed E-state index contributed by atoms with van der Waals surface area (Å²) in [6, 6.07) is 11.6. The molecule has 128 valence electrons. The van der Waals surface area contributed by atoms with Gasteiger partial charge < -0.3 is 9.80 Å². The van der Waals surface area contributed by atoms with Crippen molar-refractivity contribution in [1.82, 2.24) is 19.6 Å². The lowest BCUT2D eigenvalue weighted by atomic mass is 10.1. The van der Waals surface area contributed by atoms with E-state index in [-0.39, 0.29) is 5.56 Å². The molecule has 0 atom stereocenters. The number of hydrogen-bond acceptors (Lipinski definition) is 7. The highest BCUT2D eigenvalue weighted by atomic mass is 32.1. The van der Waals surface area contributed by atoms with Crippen molar-refractivity contribution >= 4 is 22.4 Å². The van der Waals surface area contributed by atoms with Gasteiger partial charge in [0.05, 0.1) is 5.69 Å². The van der Waals surface area contributed by atoms with E-state index >= 15 is 0 Å². The Morgan fingerprint density at radius 2 is 1.80 bits per heavy atom. The highest BCUT2D eigenvalue weighted by Crippen LogP contribution is 2.28. The van der Waals surface area contributed by atoms with E-state index in [9.17, 15) is 4.79 Å². The number of H-pyrrole nitrogens is 1. The van der Waals surface area contributed by atoms with Gasteiger partial charge in [-0.05, 0) is 6.92 Å². The molecule has 1 fully saturated rings. The van der Waals surface area contributed by atoms with Gasteiger partial charge in [-0.1, -0.05) is 30.3 Å². The van der Waals surface area contributed by atoms with Crippen LogP contribution in [0.2, 0.25) is 0 Å². The third-order valence-electron chi connectivity index (χ3n) is 4.24. The lowest BCUT2D eigenvalue weighted by Crippen LogP contribution is -2.47. The first kappa shape index (κ1) is 15.8. The first-order valence-corrected chi connectivity index (χ1v) is 8.93. The second-order valence-electron chi connectivity index (χ2n) is 5.93. The van der Waals surface area contributed by atoms with Gasteiger partial charge in [0.1, 0.15) is 11.5 Å². The maximum absolute atomic E-state index is 11.8. The maximum Gasteiger partial charge on any atom is 0.266 e. The average Bonchev–Trinajstić information content (AvgIpc) is 3.09. The topological polar surface area (TPSA) is 78.0 Å². The first-order chi connectivity index (χ1) is 12.2. The minimum atomic E-state index is -0.183. The molecule has 0 spiro atoms. The number of anilines is 2. The minimum Gasteiger partial charge on any atom is -0.366 e. The molecule has 0 bridgehead atoms. The van der Waals surface area contributed by atoms with E-state index in [1.807, 2.05) is 37.3 Å². The summed E-state index contributed by atoms with van der Waals surface area (Å²) in [7, 11) is 0. The van der Waals surface area contributed by atoms with Gasteiger partial charge in [0, 0.05) is 49.3 Å². The Balaban J connectivity index is 1.59. The number of nitrogens with zero attached hydrogens (tertiary/aromatic N) is 5. The molecule has 2 aromatic heterocycles. The van der Waals surface area contributed by atoms with E-state index in [4.69, 9.17) is 0 Å². The molecular weight excluding hydrogens is 336 g/mol. The lowest BCUT2D eigenvalue weighted by Gasteiger charge is -2.36. The summed E-state index contributed by atoms with van der Waals surface area (Å²) >= 11 is 1.43. The third-order valence-corrected chi connectivity index (χ3v) is 5.11. The largest absolute Gasteiger partial charge is 0.366 e. The molecule has 1 saturated heterocycles. The van der Waals surface area contributed by atoms with Gasteiger partial charge in [0.15, 0.2) is 0 Å². The fourth-order valence-electron chi connectivity index (χ4n) is 3.00. The molecule has 1 N–H and O–H groups in total. The quantitative estimate of drug-likeness (QED) is 0.774. The zero-order chi connectivity index (χ0) is 17.2. The zero-order valence-electron chi connectivity index (χ0n) is 13.8. The van der Waals surface area contributed by atoms with Crippen molar-refractivity contribution in [2.45, 2.75) is 6.92 Å². The van der Waals surface area contributed by atoms with Gasteiger partial charge in [-0.25, -0.2) is 10.1 Å². The normalized spacial score (nSPS) is 14.8. The molecular formula is C17H18N6OS. The molecule has 0 unspecified atom stereocenters. The summed E-state index contributed by atoms with van der Waals surface area (Å²) in [6.07, 6.45) is 0. The molecule has 0 saturated carbocycles. The van der Waals surface area contributed by atoms with Gasteiger partial charge in [0.2, 0.25) is 5.13 Å². The van der Waals surface area contributed by atoms with Crippen LogP contribution in [0, 0.1) is 6.92 Å².